The highest BCUT2D eigenvalue weighted by Crippen LogP contribution is 2.39. The van der Waals surface area contributed by atoms with Crippen LogP contribution in [0, 0.1) is 0 Å². The van der Waals surface area contributed by atoms with Gasteiger partial charge in [0.1, 0.15) is 0 Å². The highest BCUT2D eigenvalue weighted by atomic mass is 28.5. The van der Waals surface area contributed by atoms with E-state index in [0.29, 0.717) is 12.8 Å². The van der Waals surface area contributed by atoms with E-state index in [2.05, 4.69) is 0 Å². The molecular formula is C20H38F12O4Si4. The standard InChI is InChI=1S/C20H38F12O4Si4/c1-6-7-12-37(2,13-8-17(21,22)23)34-39(4,15-10-19(27,28)29)36-40(5,16-11-20(30,31)32)35-38(3,33)14-9-18(24,25)26/h33H,6-16H2,1-5H3. The summed E-state index contributed by atoms with van der Waals surface area (Å²) in [4.78, 5) is 10.6. The first-order valence-corrected chi connectivity index (χ1v) is 23.0. The van der Waals surface area contributed by atoms with Crippen LogP contribution in [0.25, 0.3) is 0 Å². The van der Waals surface area contributed by atoms with E-state index in [4.69, 9.17) is 12.3 Å². The van der Waals surface area contributed by atoms with E-state index in [-0.39, 0.29) is 6.04 Å². The van der Waals surface area contributed by atoms with Gasteiger partial charge >= 0.3 is 50.4 Å². The van der Waals surface area contributed by atoms with Crippen LogP contribution in [-0.4, -0.2) is 63.5 Å². The van der Waals surface area contributed by atoms with E-state index in [1.165, 1.54) is 6.55 Å². The molecule has 242 valence electrons. The Morgan fingerprint density at radius 1 is 0.500 bits per heavy atom. The van der Waals surface area contributed by atoms with E-state index in [1.807, 2.05) is 0 Å². The summed E-state index contributed by atoms with van der Waals surface area (Å²) in [6.07, 6.45) is -23.9. The van der Waals surface area contributed by atoms with Crippen LogP contribution >= 0.6 is 0 Å². The van der Waals surface area contributed by atoms with Crippen molar-refractivity contribution < 1.29 is 69.8 Å². The van der Waals surface area contributed by atoms with Crippen LogP contribution in [0.3, 0.4) is 0 Å². The molecule has 0 amide bonds. The van der Waals surface area contributed by atoms with Crippen LogP contribution in [0.5, 0.6) is 0 Å². The largest absolute Gasteiger partial charge is 0.436 e. The Bertz CT molecular complexity index is 764. The molecule has 0 saturated carbocycles. The summed E-state index contributed by atoms with van der Waals surface area (Å²) in [5, 5.41) is 0. The zero-order chi connectivity index (χ0) is 31.9. The van der Waals surface area contributed by atoms with E-state index in [0.717, 1.165) is 19.6 Å². The number of unbranched alkanes of at least 4 members (excludes halogenated alkanes) is 1. The molecule has 0 bridgehead atoms. The molecule has 0 radical (unpaired) electrons. The molecule has 20 heteroatoms. The number of halogens is 12. The van der Waals surface area contributed by atoms with Gasteiger partial charge in [0.2, 0.25) is 0 Å². The fourth-order valence-electron chi connectivity index (χ4n) is 4.04. The van der Waals surface area contributed by atoms with E-state index in [1.54, 1.807) is 6.92 Å². The lowest BCUT2D eigenvalue weighted by molar-refractivity contribution is -0.132. The van der Waals surface area contributed by atoms with Crippen molar-refractivity contribution in [2.75, 3.05) is 0 Å². The first-order chi connectivity index (χ1) is 17.5. The maximum absolute atomic E-state index is 13.2. The lowest BCUT2D eigenvalue weighted by atomic mass is 10.4. The van der Waals surface area contributed by atoms with Gasteiger partial charge in [-0.3, -0.25) is 0 Å². The highest BCUT2D eigenvalue weighted by molar-refractivity contribution is 6.89. The van der Waals surface area contributed by atoms with Crippen molar-refractivity contribution in [1.82, 2.24) is 0 Å². The summed E-state index contributed by atoms with van der Waals surface area (Å²) in [7, 11) is -16.6. The Hall–Kier alpha value is -0.132. The molecule has 0 aliphatic rings. The van der Waals surface area contributed by atoms with Crippen LogP contribution in [0.4, 0.5) is 52.7 Å². The van der Waals surface area contributed by atoms with Crippen LogP contribution in [-0.2, 0) is 12.3 Å². The van der Waals surface area contributed by atoms with Crippen LogP contribution in [0.15, 0.2) is 0 Å². The van der Waals surface area contributed by atoms with Gasteiger partial charge in [-0.2, -0.15) is 52.7 Å². The zero-order valence-corrected chi connectivity index (χ0v) is 27.0. The molecule has 0 rings (SSSR count). The number of hydrogen-bond donors (Lipinski definition) is 1. The first kappa shape index (κ1) is 39.9. The molecule has 0 saturated heterocycles. The molecule has 0 aromatic heterocycles. The van der Waals surface area contributed by atoms with Crippen molar-refractivity contribution in [1.29, 1.82) is 0 Å². The summed E-state index contributed by atoms with van der Waals surface area (Å²) in [5.74, 6) is 0. The minimum absolute atomic E-state index is 0.108. The van der Waals surface area contributed by atoms with Crippen LogP contribution in [0.2, 0.25) is 56.4 Å². The minimum atomic E-state index is -4.80. The average molecular weight is 683 g/mol. The molecule has 4 unspecified atom stereocenters. The summed E-state index contributed by atoms with van der Waals surface area (Å²) < 4.78 is 174. The Morgan fingerprint density at radius 3 is 1.23 bits per heavy atom. The van der Waals surface area contributed by atoms with Gasteiger partial charge in [0, 0.05) is 25.7 Å². The van der Waals surface area contributed by atoms with Gasteiger partial charge in [-0.15, -0.1) is 0 Å². The molecule has 0 spiro atoms. The topological polar surface area (TPSA) is 47.9 Å². The molecule has 1 N–H and O–H groups in total. The van der Waals surface area contributed by atoms with Gasteiger partial charge in [-0.05, 0) is 56.4 Å². The van der Waals surface area contributed by atoms with E-state index >= 15 is 0 Å². The predicted molar refractivity (Wildman–Crippen MR) is 134 cm³/mol. The summed E-state index contributed by atoms with van der Waals surface area (Å²) >= 11 is 0. The number of rotatable bonds is 17. The van der Waals surface area contributed by atoms with Crippen molar-refractivity contribution in [2.24, 2.45) is 0 Å². The summed E-state index contributed by atoms with van der Waals surface area (Å²) in [5.41, 5.74) is 0. The molecule has 0 heterocycles. The second kappa shape index (κ2) is 14.6. The first-order valence-electron chi connectivity index (χ1n) is 12.6. The highest BCUT2D eigenvalue weighted by Gasteiger charge is 2.53. The van der Waals surface area contributed by atoms with Gasteiger partial charge < -0.3 is 17.1 Å². The normalized spacial score (nSPS) is 19.9. The molecule has 4 nitrogen and oxygen atoms in total. The van der Waals surface area contributed by atoms with Crippen molar-refractivity contribution >= 4 is 34.0 Å². The molecule has 0 aromatic rings. The van der Waals surface area contributed by atoms with Crippen LogP contribution in [0.1, 0.15) is 45.4 Å². The van der Waals surface area contributed by atoms with E-state index in [9.17, 15) is 57.5 Å². The van der Waals surface area contributed by atoms with Crippen LogP contribution < -0.4 is 0 Å². The van der Waals surface area contributed by atoms with Gasteiger partial charge in [0.25, 0.3) is 0 Å². The van der Waals surface area contributed by atoms with Gasteiger partial charge in [0.15, 0.2) is 8.32 Å². The molecule has 0 fully saturated rings. The number of alkyl halides is 12. The third-order valence-corrected chi connectivity index (χ3v) is 22.8. The molecular weight excluding hydrogens is 645 g/mol. The average Bonchev–Trinajstić information content (AvgIpc) is 2.70. The van der Waals surface area contributed by atoms with E-state index < -0.39 is 109 Å². The predicted octanol–water partition coefficient (Wildman–Crippen LogP) is 9.43. The maximum Gasteiger partial charge on any atom is 0.389 e. The van der Waals surface area contributed by atoms with Crippen molar-refractivity contribution in [3.63, 3.8) is 0 Å². The summed E-state index contributed by atoms with van der Waals surface area (Å²) in [6.45, 7) is 6.12. The SMILES string of the molecule is CCCC[Si](C)(CCC(F)(F)F)O[Si](C)(CCC(F)(F)F)O[Si](C)(CCC(F)(F)F)O[Si](C)(O)CCC(F)(F)F. The number of hydrogen-bond acceptors (Lipinski definition) is 4. The lowest BCUT2D eigenvalue weighted by Crippen LogP contribution is -2.60. The molecule has 0 aromatic carbocycles. The molecule has 4 atom stereocenters. The van der Waals surface area contributed by atoms with Gasteiger partial charge in [-0.25, -0.2) is 0 Å². The molecule has 0 aliphatic heterocycles. The zero-order valence-electron chi connectivity index (χ0n) is 23.0. The fraction of sp³-hybridized carbons (Fsp3) is 1.00. The third kappa shape index (κ3) is 19.9. The maximum atomic E-state index is 13.2. The Labute approximate surface area is 230 Å². The Kier molecular flexibility index (Phi) is 14.5. The van der Waals surface area contributed by atoms with Crippen molar-refractivity contribution in [2.45, 2.75) is 127 Å². The van der Waals surface area contributed by atoms with Crippen molar-refractivity contribution in [3.8, 4) is 0 Å². The second-order valence-electron chi connectivity index (χ2n) is 10.8. The lowest BCUT2D eigenvalue weighted by Gasteiger charge is -2.44. The van der Waals surface area contributed by atoms with Gasteiger partial charge in [0.05, 0.1) is 0 Å². The molecule has 40 heavy (non-hydrogen) atoms. The smallest absolute Gasteiger partial charge is 0.389 e. The van der Waals surface area contributed by atoms with Crippen molar-refractivity contribution in [3.05, 3.63) is 0 Å². The Morgan fingerprint density at radius 2 is 0.850 bits per heavy atom. The fourth-order valence-corrected chi connectivity index (χ4v) is 23.9. The van der Waals surface area contributed by atoms with Gasteiger partial charge in [-0.1, -0.05) is 19.8 Å². The monoisotopic (exact) mass is 682 g/mol. The third-order valence-electron chi connectivity index (χ3n) is 5.92. The summed E-state index contributed by atoms with van der Waals surface area (Å²) in [6, 6.07) is -3.25. The Balaban J connectivity index is 6.45. The minimum Gasteiger partial charge on any atom is -0.436 e. The molecule has 0 aliphatic carbocycles. The quantitative estimate of drug-likeness (QED) is 0.123. The second-order valence-corrected chi connectivity index (χ2v) is 25.5.